The molecule has 7 heteroatoms. The number of ether oxygens (including phenoxy) is 2. The van der Waals surface area contributed by atoms with Crippen LogP contribution in [0.3, 0.4) is 0 Å². The third-order valence-corrected chi connectivity index (χ3v) is 5.34. The van der Waals surface area contributed by atoms with Gasteiger partial charge in [0.05, 0.1) is 13.2 Å². The quantitative estimate of drug-likeness (QED) is 0.850. The number of morpholine rings is 1. The number of rotatable bonds is 5. The van der Waals surface area contributed by atoms with E-state index in [2.05, 4.69) is 0 Å². The molecule has 26 heavy (non-hydrogen) atoms. The highest BCUT2D eigenvalue weighted by Gasteiger charge is 2.28. The predicted octanol–water partition coefficient (Wildman–Crippen LogP) is 2.48. The molecule has 0 aromatic heterocycles. The van der Waals surface area contributed by atoms with Gasteiger partial charge in [-0.2, -0.15) is 0 Å². The second-order valence-corrected chi connectivity index (χ2v) is 7.34. The van der Waals surface area contributed by atoms with Gasteiger partial charge in [0.2, 0.25) is 5.91 Å². The van der Waals surface area contributed by atoms with Crippen molar-refractivity contribution >= 4 is 23.4 Å². The van der Waals surface area contributed by atoms with Gasteiger partial charge in [0.15, 0.2) is 12.7 Å². The molecule has 2 N–H and O–H groups in total. The lowest BCUT2D eigenvalue weighted by Gasteiger charge is -2.31. The van der Waals surface area contributed by atoms with E-state index in [9.17, 15) is 9.59 Å². The Hall–Kier alpha value is -1.79. The van der Waals surface area contributed by atoms with Gasteiger partial charge >= 0.3 is 0 Å². The summed E-state index contributed by atoms with van der Waals surface area (Å²) in [4.78, 5) is 25.3. The van der Waals surface area contributed by atoms with Gasteiger partial charge in [-0.1, -0.05) is 30.9 Å². The van der Waals surface area contributed by atoms with Crippen molar-refractivity contribution in [1.29, 1.82) is 0 Å². The summed E-state index contributed by atoms with van der Waals surface area (Å²) in [6, 6.07) is 5.58. The van der Waals surface area contributed by atoms with Crippen molar-refractivity contribution in [2.75, 3.05) is 26.3 Å². The number of amides is 2. The number of nitrogens with zero attached hydrogens (tertiary/aromatic N) is 1. The Balaban J connectivity index is 1.63. The average Bonchev–Trinajstić information content (AvgIpc) is 2.67. The summed E-state index contributed by atoms with van der Waals surface area (Å²) in [5.41, 5.74) is 6.35. The van der Waals surface area contributed by atoms with Gasteiger partial charge in [-0.3, -0.25) is 9.59 Å². The van der Waals surface area contributed by atoms with Crippen LogP contribution in [0.5, 0.6) is 5.75 Å². The van der Waals surface area contributed by atoms with Crippen molar-refractivity contribution in [3.63, 3.8) is 0 Å². The Bertz CT molecular complexity index is 661. The Morgan fingerprint density at radius 1 is 1.27 bits per heavy atom. The first-order chi connectivity index (χ1) is 12.5. The zero-order valence-electron chi connectivity index (χ0n) is 14.8. The lowest BCUT2D eigenvalue weighted by molar-refractivity contribution is -0.146. The molecule has 1 aliphatic carbocycles. The summed E-state index contributed by atoms with van der Waals surface area (Å²) in [5.74, 6) is 0.411. The van der Waals surface area contributed by atoms with E-state index in [1.807, 2.05) is 12.1 Å². The van der Waals surface area contributed by atoms with E-state index in [1.165, 1.54) is 19.3 Å². The third kappa shape index (κ3) is 4.68. The summed E-state index contributed by atoms with van der Waals surface area (Å²) in [6.07, 6.45) is 5.17. The molecule has 6 nitrogen and oxygen atoms in total. The fourth-order valence-corrected chi connectivity index (χ4v) is 3.84. The highest BCUT2D eigenvalue weighted by atomic mass is 35.5. The molecule has 0 bridgehead atoms. The molecule has 0 radical (unpaired) electrons. The van der Waals surface area contributed by atoms with E-state index in [0.717, 1.165) is 24.2 Å². The summed E-state index contributed by atoms with van der Waals surface area (Å²) < 4.78 is 11.1. The number of nitrogens with two attached hydrogens (primary N) is 1. The molecule has 1 aromatic rings. The van der Waals surface area contributed by atoms with Crippen molar-refractivity contribution in [3.05, 3.63) is 28.8 Å². The number of hydrogen-bond donors (Lipinski definition) is 1. The van der Waals surface area contributed by atoms with E-state index in [-0.39, 0.29) is 19.1 Å². The normalized spacial score (nSPS) is 21.4. The van der Waals surface area contributed by atoms with Crippen LogP contribution < -0.4 is 10.5 Å². The van der Waals surface area contributed by atoms with Crippen molar-refractivity contribution in [2.45, 2.75) is 44.1 Å². The number of carbonyl (C=O) groups excluding carboxylic acids is 2. The Kier molecular flexibility index (Phi) is 6.38. The van der Waals surface area contributed by atoms with Gasteiger partial charge in [-0.05, 0) is 42.5 Å². The van der Waals surface area contributed by atoms with Crippen molar-refractivity contribution < 1.29 is 19.1 Å². The molecule has 0 unspecified atom stereocenters. The predicted molar refractivity (Wildman–Crippen MR) is 98.3 cm³/mol. The van der Waals surface area contributed by atoms with Crippen molar-refractivity contribution in [3.8, 4) is 5.75 Å². The average molecular weight is 381 g/mol. The first-order valence-corrected chi connectivity index (χ1v) is 9.53. The monoisotopic (exact) mass is 380 g/mol. The molecular formula is C19H25ClN2O4. The minimum atomic E-state index is -0.749. The van der Waals surface area contributed by atoms with Crippen LogP contribution in [0.2, 0.25) is 5.02 Å². The molecule has 2 amide bonds. The van der Waals surface area contributed by atoms with Crippen molar-refractivity contribution in [1.82, 2.24) is 4.90 Å². The van der Waals surface area contributed by atoms with E-state index in [0.29, 0.717) is 24.1 Å². The van der Waals surface area contributed by atoms with Crippen LogP contribution >= 0.6 is 11.6 Å². The number of halogens is 1. The van der Waals surface area contributed by atoms with Gasteiger partial charge < -0.3 is 20.1 Å². The van der Waals surface area contributed by atoms with E-state index in [4.69, 9.17) is 26.8 Å². The zero-order chi connectivity index (χ0) is 18.5. The van der Waals surface area contributed by atoms with Crippen LogP contribution in [-0.2, 0) is 14.3 Å². The van der Waals surface area contributed by atoms with Gasteiger partial charge in [0.25, 0.3) is 5.91 Å². The zero-order valence-corrected chi connectivity index (χ0v) is 15.5. The van der Waals surface area contributed by atoms with E-state index < -0.39 is 12.0 Å². The molecule has 3 rings (SSSR count). The standard InChI is InChI=1S/C19H25ClN2O4/c20-14-6-7-16(15(10-14)13-4-2-1-3-5-13)26-12-18(23)22-8-9-25-17(11-22)19(21)24/h6-7,10,13,17H,1-5,8-9,11-12H2,(H2,21,24)/t17-/m0/s1. The molecule has 1 aromatic carbocycles. The molecule has 2 fully saturated rings. The van der Waals surface area contributed by atoms with Gasteiger partial charge in [-0.15, -0.1) is 0 Å². The van der Waals surface area contributed by atoms with Crippen LogP contribution in [0.4, 0.5) is 0 Å². The second kappa shape index (κ2) is 8.73. The number of carbonyl (C=O) groups is 2. The summed E-state index contributed by atoms with van der Waals surface area (Å²) in [6.45, 7) is 0.830. The Labute approximate surface area is 158 Å². The lowest BCUT2D eigenvalue weighted by atomic mass is 9.84. The van der Waals surface area contributed by atoms with Crippen molar-refractivity contribution in [2.24, 2.45) is 5.73 Å². The highest BCUT2D eigenvalue weighted by molar-refractivity contribution is 6.30. The molecule has 2 aliphatic rings. The van der Waals surface area contributed by atoms with Crippen LogP contribution in [0.25, 0.3) is 0 Å². The minimum absolute atomic E-state index is 0.0766. The van der Waals surface area contributed by atoms with E-state index in [1.54, 1.807) is 11.0 Å². The summed E-state index contributed by atoms with van der Waals surface area (Å²) >= 11 is 6.18. The number of hydrogen-bond acceptors (Lipinski definition) is 4. The molecule has 1 atom stereocenters. The molecule has 142 valence electrons. The molecule has 0 spiro atoms. The molecule has 1 heterocycles. The summed E-state index contributed by atoms with van der Waals surface area (Å²) in [7, 11) is 0. The Morgan fingerprint density at radius 2 is 2.04 bits per heavy atom. The number of primary amides is 1. The lowest BCUT2D eigenvalue weighted by Crippen LogP contribution is -2.51. The Morgan fingerprint density at radius 3 is 2.77 bits per heavy atom. The highest BCUT2D eigenvalue weighted by Crippen LogP contribution is 2.38. The fraction of sp³-hybridized carbons (Fsp3) is 0.579. The summed E-state index contributed by atoms with van der Waals surface area (Å²) in [5, 5.41) is 0.682. The molecule has 1 aliphatic heterocycles. The maximum Gasteiger partial charge on any atom is 0.260 e. The second-order valence-electron chi connectivity index (χ2n) is 6.91. The van der Waals surface area contributed by atoms with Gasteiger partial charge in [0.1, 0.15) is 5.75 Å². The van der Waals surface area contributed by atoms with Crippen LogP contribution in [0.1, 0.15) is 43.6 Å². The SMILES string of the molecule is NC(=O)[C@@H]1CN(C(=O)COc2ccc(Cl)cc2C2CCCCC2)CCO1. The molecule has 1 saturated heterocycles. The molecular weight excluding hydrogens is 356 g/mol. The minimum Gasteiger partial charge on any atom is -0.483 e. The number of benzene rings is 1. The topological polar surface area (TPSA) is 81.9 Å². The maximum atomic E-state index is 12.5. The van der Waals surface area contributed by atoms with Crippen LogP contribution in [-0.4, -0.2) is 49.1 Å². The van der Waals surface area contributed by atoms with Gasteiger partial charge in [-0.25, -0.2) is 0 Å². The van der Waals surface area contributed by atoms with Crippen LogP contribution in [0.15, 0.2) is 18.2 Å². The molecule has 1 saturated carbocycles. The smallest absolute Gasteiger partial charge is 0.260 e. The first kappa shape index (κ1) is 19.0. The van der Waals surface area contributed by atoms with Gasteiger partial charge in [0, 0.05) is 11.6 Å². The first-order valence-electron chi connectivity index (χ1n) is 9.15. The maximum absolute atomic E-state index is 12.5. The fourth-order valence-electron chi connectivity index (χ4n) is 3.66. The largest absolute Gasteiger partial charge is 0.483 e. The van der Waals surface area contributed by atoms with Crippen LogP contribution in [0, 0.1) is 0 Å². The third-order valence-electron chi connectivity index (χ3n) is 5.10. The van der Waals surface area contributed by atoms with E-state index >= 15 is 0 Å².